The van der Waals surface area contributed by atoms with Crippen LogP contribution in [0.4, 0.5) is 0 Å². The third-order valence-corrected chi connectivity index (χ3v) is 2.87. The quantitative estimate of drug-likeness (QED) is 0.756. The number of epoxide rings is 1. The lowest BCUT2D eigenvalue weighted by Crippen LogP contribution is -2.04. The first-order valence-electron chi connectivity index (χ1n) is 5.68. The minimum atomic E-state index is 0.281. The molecule has 0 N–H and O–H groups in total. The summed E-state index contributed by atoms with van der Waals surface area (Å²) in [5.74, 6) is 1.76. The molecule has 0 saturated carbocycles. The van der Waals surface area contributed by atoms with E-state index in [1.54, 1.807) is 7.11 Å². The molecule has 2 aromatic carbocycles. The SMILES string of the molecule is COc1ccc2c(OC[C@@H]3CO3)cccc2c1. The maximum absolute atomic E-state index is 5.75. The number of hydrogen-bond donors (Lipinski definition) is 0. The van der Waals surface area contributed by atoms with E-state index in [2.05, 4.69) is 6.07 Å². The minimum absolute atomic E-state index is 0.281. The Balaban J connectivity index is 1.93. The number of benzene rings is 2. The first kappa shape index (κ1) is 10.4. The Morgan fingerprint density at radius 2 is 2.18 bits per heavy atom. The van der Waals surface area contributed by atoms with Crippen molar-refractivity contribution < 1.29 is 14.2 Å². The van der Waals surface area contributed by atoms with Gasteiger partial charge in [-0.3, -0.25) is 0 Å². The second-order valence-electron chi connectivity index (χ2n) is 4.11. The highest BCUT2D eigenvalue weighted by molar-refractivity contribution is 5.89. The summed E-state index contributed by atoms with van der Waals surface area (Å²) in [4.78, 5) is 0. The highest BCUT2D eigenvalue weighted by Gasteiger charge is 2.23. The molecule has 1 saturated heterocycles. The van der Waals surface area contributed by atoms with E-state index in [9.17, 15) is 0 Å². The van der Waals surface area contributed by atoms with Crippen LogP contribution < -0.4 is 9.47 Å². The Morgan fingerprint density at radius 1 is 1.29 bits per heavy atom. The summed E-state index contributed by atoms with van der Waals surface area (Å²) in [5, 5.41) is 2.23. The molecule has 1 heterocycles. The number of methoxy groups -OCH3 is 1. The summed E-state index contributed by atoms with van der Waals surface area (Å²) in [5.41, 5.74) is 0. The van der Waals surface area contributed by atoms with Crippen LogP contribution in [0.15, 0.2) is 36.4 Å². The van der Waals surface area contributed by atoms with Crippen LogP contribution in [0.25, 0.3) is 10.8 Å². The molecule has 3 nitrogen and oxygen atoms in total. The molecule has 2 aromatic rings. The Kier molecular flexibility index (Phi) is 2.61. The van der Waals surface area contributed by atoms with Crippen LogP contribution >= 0.6 is 0 Å². The van der Waals surface area contributed by atoms with Gasteiger partial charge in [-0.05, 0) is 29.7 Å². The number of fused-ring (bicyclic) bond motifs is 1. The van der Waals surface area contributed by atoms with Gasteiger partial charge in [0.2, 0.25) is 0 Å². The third kappa shape index (κ3) is 2.19. The summed E-state index contributed by atoms with van der Waals surface area (Å²) < 4.78 is 16.1. The Hall–Kier alpha value is -1.74. The van der Waals surface area contributed by atoms with Crippen molar-refractivity contribution in [3.05, 3.63) is 36.4 Å². The zero-order valence-electron chi connectivity index (χ0n) is 9.68. The van der Waals surface area contributed by atoms with Gasteiger partial charge in [0.25, 0.3) is 0 Å². The van der Waals surface area contributed by atoms with Crippen molar-refractivity contribution in [1.82, 2.24) is 0 Å². The van der Waals surface area contributed by atoms with E-state index in [0.717, 1.165) is 28.9 Å². The third-order valence-electron chi connectivity index (χ3n) is 2.87. The van der Waals surface area contributed by atoms with Crippen molar-refractivity contribution >= 4 is 10.8 Å². The molecule has 1 atom stereocenters. The second-order valence-corrected chi connectivity index (χ2v) is 4.11. The van der Waals surface area contributed by atoms with Crippen molar-refractivity contribution in [2.45, 2.75) is 6.10 Å². The van der Waals surface area contributed by atoms with Gasteiger partial charge < -0.3 is 14.2 Å². The first-order chi connectivity index (χ1) is 8.36. The zero-order valence-corrected chi connectivity index (χ0v) is 9.68. The average Bonchev–Trinajstić information content (AvgIpc) is 3.19. The zero-order chi connectivity index (χ0) is 11.7. The lowest BCUT2D eigenvalue weighted by atomic mass is 10.1. The van der Waals surface area contributed by atoms with Crippen molar-refractivity contribution in [2.75, 3.05) is 20.3 Å². The molecule has 1 aliphatic heterocycles. The maximum Gasteiger partial charge on any atom is 0.127 e. The van der Waals surface area contributed by atoms with Gasteiger partial charge in [-0.2, -0.15) is 0 Å². The van der Waals surface area contributed by atoms with E-state index in [0.29, 0.717) is 6.61 Å². The molecule has 3 rings (SSSR count). The lowest BCUT2D eigenvalue weighted by Gasteiger charge is -2.09. The molecule has 0 radical (unpaired) electrons. The predicted molar refractivity (Wildman–Crippen MR) is 65.7 cm³/mol. The van der Waals surface area contributed by atoms with E-state index in [4.69, 9.17) is 14.2 Å². The van der Waals surface area contributed by atoms with Gasteiger partial charge >= 0.3 is 0 Å². The van der Waals surface area contributed by atoms with E-state index >= 15 is 0 Å². The minimum Gasteiger partial charge on any atom is -0.497 e. The molecule has 0 bridgehead atoms. The average molecular weight is 230 g/mol. The Bertz CT molecular complexity index is 532. The largest absolute Gasteiger partial charge is 0.497 e. The van der Waals surface area contributed by atoms with Crippen molar-refractivity contribution in [1.29, 1.82) is 0 Å². The summed E-state index contributed by atoms with van der Waals surface area (Å²) in [6.07, 6.45) is 0.281. The smallest absolute Gasteiger partial charge is 0.127 e. The number of rotatable bonds is 4. The first-order valence-corrected chi connectivity index (χ1v) is 5.68. The highest BCUT2D eigenvalue weighted by atomic mass is 16.6. The fraction of sp³-hybridized carbons (Fsp3) is 0.286. The molecule has 88 valence electrons. The van der Waals surface area contributed by atoms with Crippen molar-refractivity contribution in [3.8, 4) is 11.5 Å². The molecule has 0 aliphatic carbocycles. The molecule has 1 aliphatic rings. The maximum atomic E-state index is 5.75. The summed E-state index contributed by atoms with van der Waals surface area (Å²) >= 11 is 0. The molecule has 17 heavy (non-hydrogen) atoms. The molecule has 0 amide bonds. The van der Waals surface area contributed by atoms with E-state index in [-0.39, 0.29) is 6.10 Å². The summed E-state index contributed by atoms with van der Waals surface area (Å²) in [6.45, 7) is 1.45. The summed E-state index contributed by atoms with van der Waals surface area (Å²) in [6, 6.07) is 12.0. The van der Waals surface area contributed by atoms with Crippen molar-refractivity contribution in [2.24, 2.45) is 0 Å². The highest BCUT2D eigenvalue weighted by Crippen LogP contribution is 2.29. The van der Waals surface area contributed by atoms with Gasteiger partial charge in [0, 0.05) is 5.39 Å². The van der Waals surface area contributed by atoms with Crippen LogP contribution in [0.2, 0.25) is 0 Å². The Labute approximate surface area is 99.9 Å². The van der Waals surface area contributed by atoms with E-state index in [1.165, 1.54) is 0 Å². The Morgan fingerprint density at radius 3 is 2.94 bits per heavy atom. The van der Waals surface area contributed by atoms with E-state index in [1.807, 2.05) is 30.3 Å². The molecule has 0 unspecified atom stereocenters. The monoisotopic (exact) mass is 230 g/mol. The van der Waals surface area contributed by atoms with Crippen molar-refractivity contribution in [3.63, 3.8) is 0 Å². The molecule has 0 spiro atoms. The summed E-state index contributed by atoms with van der Waals surface area (Å²) in [7, 11) is 1.67. The molecule has 1 fully saturated rings. The molecular weight excluding hydrogens is 216 g/mol. The van der Waals surface area contributed by atoms with E-state index < -0.39 is 0 Å². The van der Waals surface area contributed by atoms with Gasteiger partial charge in [-0.25, -0.2) is 0 Å². The lowest BCUT2D eigenvalue weighted by molar-refractivity contribution is 0.265. The van der Waals surface area contributed by atoms with Gasteiger partial charge in [0.15, 0.2) is 0 Å². The fourth-order valence-electron chi connectivity index (χ4n) is 1.83. The predicted octanol–water partition coefficient (Wildman–Crippen LogP) is 2.63. The fourth-order valence-corrected chi connectivity index (χ4v) is 1.83. The molecule has 3 heteroatoms. The van der Waals surface area contributed by atoms with Crippen LogP contribution in [-0.4, -0.2) is 26.4 Å². The van der Waals surface area contributed by atoms with Crippen LogP contribution in [0.3, 0.4) is 0 Å². The van der Waals surface area contributed by atoms with Gasteiger partial charge in [-0.15, -0.1) is 0 Å². The second kappa shape index (κ2) is 4.26. The topological polar surface area (TPSA) is 31.0 Å². The van der Waals surface area contributed by atoms with Crippen LogP contribution in [0.1, 0.15) is 0 Å². The van der Waals surface area contributed by atoms with Gasteiger partial charge in [0.1, 0.15) is 24.2 Å². The molecule has 0 aromatic heterocycles. The number of hydrogen-bond acceptors (Lipinski definition) is 3. The van der Waals surface area contributed by atoms with Crippen LogP contribution in [-0.2, 0) is 4.74 Å². The molecular formula is C14H14O3. The van der Waals surface area contributed by atoms with Gasteiger partial charge in [0.05, 0.1) is 13.7 Å². The van der Waals surface area contributed by atoms with Crippen LogP contribution in [0.5, 0.6) is 11.5 Å². The standard InChI is InChI=1S/C14H14O3/c1-15-11-5-6-13-10(7-11)3-2-4-14(13)17-9-12-8-16-12/h2-7,12H,8-9H2,1H3/t12-/m0/s1. The van der Waals surface area contributed by atoms with Crippen LogP contribution in [0, 0.1) is 0 Å². The normalized spacial score (nSPS) is 18.1. The number of ether oxygens (including phenoxy) is 3. The van der Waals surface area contributed by atoms with Gasteiger partial charge in [-0.1, -0.05) is 12.1 Å².